The molecule has 0 fully saturated rings. The Balaban J connectivity index is 1.94. The number of methoxy groups -OCH3 is 1. The van der Waals surface area contributed by atoms with Crippen LogP contribution in [0, 0.1) is 0 Å². The van der Waals surface area contributed by atoms with Gasteiger partial charge in [0.05, 0.1) is 12.8 Å². The lowest BCUT2D eigenvalue weighted by Crippen LogP contribution is -2.31. The van der Waals surface area contributed by atoms with Gasteiger partial charge in [-0.05, 0) is 49.9 Å². The average Bonchev–Trinajstić information content (AvgIpc) is 2.72. The van der Waals surface area contributed by atoms with Crippen LogP contribution in [0.15, 0.2) is 35.4 Å². The minimum atomic E-state index is -0.148. The molecule has 1 aliphatic heterocycles. The molecule has 0 spiro atoms. The normalized spacial score (nSPS) is 18.9. The number of hydrogen-bond donors (Lipinski definition) is 0. The molecule has 0 saturated heterocycles. The molecular formula is C15H15NO3. The van der Waals surface area contributed by atoms with Gasteiger partial charge in [-0.2, -0.15) is 0 Å². The van der Waals surface area contributed by atoms with E-state index < -0.39 is 0 Å². The molecule has 0 saturated carbocycles. The molecule has 0 aromatic heterocycles. The van der Waals surface area contributed by atoms with Crippen molar-refractivity contribution in [1.29, 1.82) is 0 Å². The number of hydrogen-bond acceptors (Lipinski definition) is 3. The van der Waals surface area contributed by atoms with Crippen LogP contribution >= 0.6 is 0 Å². The second kappa shape index (κ2) is 4.53. The molecule has 1 aliphatic carbocycles. The monoisotopic (exact) mass is 257 g/mol. The van der Waals surface area contributed by atoms with Crippen molar-refractivity contribution in [2.24, 2.45) is 0 Å². The predicted octanol–water partition coefficient (Wildman–Crippen LogP) is 2.44. The third kappa shape index (κ3) is 1.84. The van der Waals surface area contributed by atoms with E-state index in [0.29, 0.717) is 22.6 Å². The maximum absolute atomic E-state index is 12.3. The van der Waals surface area contributed by atoms with E-state index in [0.717, 1.165) is 25.7 Å². The summed E-state index contributed by atoms with van der Waals surface area (Å²) in [7, 11) is 1.58. The lowest BCUT2D eigenvalue weighted by Gasteiger charge is -2.15. The molecule has 2 aliphatic rings. The summed E-state index contributed by atoms with van der Waals surface area (Å²) in [5.74, 6) is 0.412. The fourth-order valence-electron chi connectivity index (χ4n) is 2.71. The van der Waals surface area contributed by atoms with Gasteiger partial charge in [0.15, 0.2) is 0 Å². The zero-order valence-electron chi connectivity index (χ0n) is 10.8. The van der Waals surface area contributed by atoms with Crippen LogP contribution < -0.4 is 9.64 Å². The van der Waals surface area contributed by atoms with Gasteiger partial charge in [-0.3, -0.25) is 9.59 Å². The summed E-state index contributed by atoms with van der Waals surface area (Å²) in [4.78, 5) is 25.9. The van der Waals surface area contributed by atoms with E-state index in [1.807, 2.05) is 0 Å². The summed E-state index contributed by atoms with van der Waals surface area (Å²) in [6, 6.07) is 7.00. The lowest BCUT2D eigenvalue weighted by molar-refractivity contribution is -0.120. The van der Waals surface area contributed by atoms with Crippen molar-refractivity contribution in [3.8, 4) is 5.75 Å². The third-order valence-corrected chi connectivity index (χ3v) is 3.72. The van der Waals surface area contributed by atoms with Crippen LogP contribution in [0.1, 0.15) is 25.7 Å². The number of carbonyl (C=O) groups excluding carboxylic acids is 2. The Bertz CT molecular complexity index is 544. The summed E-state index contributed by atoms with van der Waals surface area (Å²) >= 11 is 0. The van der Waals surface area contributed by atoms with E-state index in [2.05, 4.69) is 0 Å². The standard InChI is InChI=1S/C15H15NO3/c1-19-11-8-6-10(7-9-11)16-14(17)12-4-2-3-5-13(12)15(16)18/h6-9H,2-5H2,1H3. The molecule has 19 heavy (non-hydrogen) atoms. The summed E-state index contributed by atoms with van der Waals surface area (Å²) in [5, 5.41) is 0. The molecule has 0 radical (unpaired) electrons. The molecule has 0 bridgehead atoms. The molecule has 4 heteroatoms. The topological polar surface area (TPSA) is 46.6 Å². The first-order valence-corrected chi connectivity index (χ1v) is 6.47. The number of benzene rings is 1. The van der Waals surface area contributed by atoms with Gasteiger partial charge in [0.1, 0.15) is 5.75 Å². The van der Waals surface area contributed by atoms with Crippen molar-refractivity contribution in [3.05, 3.63) is 35.4 Å². The molecule has 1 aromatic carbocycles. The fraction of sp³-hybridized carbons (Fsp3) is 0.333. The van der Waals surface area contributed by atoms with Gasteiger partial charge in [-0.1, -0.05) is 0 Å². The zero-order valence-corrected chi connectivity index (χ0v) is 10.8. The minimum Gasteiger partial charge on any atom is -0.497 e. The third-order valence-electron chi connectivity index (χ3n) is 3.72. The molecule has 2 amide bonds. The maximum Gasteiger partial charge on any atom is 0.261 e. The summed E-state index contributed by atoms with van der Waals surface area (Å²) in [6.45, 7) is 0. The largest absolute Gasteiger partial charge is 0.497 e. The Labute approximate surface area is 111 Å². The Morgan fingerprint density at radius 2 is 1.47 bits per heavy atom. The molecule has 1 aromatic rings. The van der Waals surface area contributed by atoms with Crippen molar-refractivity contribution in [1.82, 2.24) is 0 Å². The molecule has 0 atom stereocenters. The van der Waals surface area contributed by atoms with Crippen LogP contribution in [0.3, 0.4) is 0 Å². The number of rotatable bonds is 2. The summed E-state index contributed by atoms with van der Waals surface area (Å²) in [5.41, 5.74) is 2.05. The van der Waals surface area contributed by atoms with Crippen molar-refractivity contribution in [2.75, 3.05) is 12.0 Å². The number of amides is 2. The van der Waals surface area contributed by atoms with Crippen molar-refractivity contribution < 1.29 is 14.3 Å². The van der Waals surface area contributed by atoms with Crippen molar-refractivity contribution in [2.45, 2.75) is 25.7 Å². The van der Waals surface area contributed by atoms with Crippen LogP contribution in [0.5, 0.6) is 5.75 Å². The van der Waals surface area contributed by atoms with Crippen LogP contribution in [0.25, 0.3) is 0 Å². The summed E-state index contributed by atoms with van der Waals surface area (Å²) < 4.78 is 5.08. The van der Waals surface area contributed by atoms with E-state index in [4.69, 9.17) is 4.74 Å². The van der Waals surface area contributed by atoms with E-state index in [1.165, 1.54) is 4.90 Å². The Morgan fingerprint density at radius 1 is 0.947 bits per heavy atom. The van der Waals surface area contributed by atoms with Gasteiger partial charge in [-0.25, -0.2) is 4.90 Å². The zero-order chi connectivity index (χ0) is 13.4. The molecule has 0 N–H and O–H groups in total. The molecule has 3 rings (SSSR count). The highest BCUT2D eigenvalue weighted by Gasteiger charge is 2.39. The Kier molecular flexibility index (Phi) is 2.85. The van der Waals surface area contributed by atoms with Crippen molar-refractivity contribution in [3.63, 3.8) is 0 Å². The number of carbonyl (C=O) groups is 2. The second-order valence-corrected chi connectivity index (χ2v) is 4.81. The lowest BCUT2D eigenvalue weighted by atomic mass is 9.93. The number of anilines is 1. The van der Waals surface area contributed by atoms with Crippen molar-refractivity contribution >= 4 is 17.5 Å². The predicted molar refractivity (Wildman–Crippen MR) is 71.0 cm³/mol. The van der Waals surface area contributed by atoms with Crippen LogP contribution in [0.2, 0.25) is 0 Å². The van der Waals surface area contributed by atoms with Gasteiger partial charge < -0.3 is 4.74 Å². The smallest absolute Gasteiger partial charge is 0.261 e. The van der Waals surface area contributed by atoms with E-state index in [1.54, 1.807) is 31.4 Å². The fourth-order valence-corrected chi connectivity index (χ4v) is 2.71. The van der Waals surface area contributed by atoms with Gasteiger partial charge in [0.25, 0.3) is 11.8 Å². The van der Waals surface area contributed by atoms with Crippen LogP contribution in [-0.4, -0.2) is 18.9 Å². The number of nitrogens with zero attached hydrogens (tertiary/aromatic N) is 1. The number of ether oxygens (including phenoxy) is 1. The first-order valence-electron chi connectivity index (χ1n) is 6.47. The quantitative estimate of drug-likeness (QED) is 0.764. The minimum absolute atomic E-state index is 0.148. The molecule has 1 heterocycles. The van der Waals surface area contributed by atoms with E-state index in [-0.39, 0.29) is 11.8 Å². The highest BCUT2D eigenvalue weighted by molar-refractivity contribution is 6.33. The second-order valence-electron chi connectivity index (χ2n) is 4.81. The van der Waals surface area contributed by atoms with E-state index >= 15 is 0 Å². The Morgan fingerprint density at radius 3 is 1.95 bits per heavy atom. The van der Waals surface area contributed by atoms with Crippen LogP contribution in [-0.2, 0) is 9.59 Å². The summed E-state index contributed by atoms with van der Waals surface area (Å²) in [6.07, 6.45) is 3.45. The highest BCUT2D eigenvalue weighted by Crippen LogP contribution is 2.35. The van der Waals surface area contributed by atoms with Gasteiger partial charge in [0.2, 0.25) is 0 Å². The Hall–Kier alpha value is -2.10. The van der Waals surface area contributed by atoms with Crippen LogP contribution in [0.4, 0.5) is 5.69 Å². The van der Waals surface area contributed by atoms with Gasteiger partial charge >= 0.3 is 0 Å². The molecule has 4 nitrogen and oxygen atoms in total. The van der Waals surface area contributed by atoms with Gasteiger partial charge in [-0.15, -0.1) is 0 Å². The highest BCUT2D eigenvalue weighted by atomic mass is 16.5. The molecular weight excluding hydrogens is 242 g/mol. The first-order chi connectivity index (χ1) is 9.22. The average molecular weight is 257 g/mol. The number of imide groups is 1. The SMILES string of the molecule is COc1ccc(N2C(=O)C3=C(CCCC3)C2=O)cc1. The maximum atomic E-state index is 12.3. The van der Waals surface area contributed by atoms with E-state index in [9.17, 15) is 9.59 Å². The molecule has 98 valence electrons. The van der Waals surface area contributed by atoms with Gasteiger partial charge in [0, 0.05) is 11.1 Å². The first kappa shape index (κ1) is 12.0. The molecule has 0 unspecified atom stereocenters.